The van der Waals surface area contributed by atoms with Crippen LogP contribution in [0.3, 0.4) is 0 Å². The second-order valence-corrected chi connectivity index (χ2v) is 3.71. The number of carbonyl (C=O) groups is 1. The first kappa shape index (κ1) is 14.3. The maximum absolute atomic E-state index is 11.2. The van der Waals surface area contributed by atoms with Gasteiger partial charge in [-0.2, -0.15) is 0 Å². The van der Waals surface area contributed by atoms with Crippen molar-refractivity contribution >= 4 is 18.4 Å². The fraction of sp³-hybridized carbons (Fsp3) is 0.231. The molecule has 2 aromatic rings. The lowest BCUT2D eigenvalue weighted by molar-refractivity contribution is -0.139. The van der Waals surface area contributed by atoms with E-state index in [1.165, 1.54) is 12.7 Å². The fourth-order valence-corrected chi connectivity index (χ4v) is 1.63. The van der Waals surface area contributed by atoms with Crippen molar-refractivity contribution in [2.75, 3.05) is 7.11 Å². The van der Waals surface area contributed by atoms with Gasteiger partial charge in [-0.05, 0) is 5.56 Å². The van der Waals surface area contributed by atoms with Crippen molar-refractivity contribution in [1.29, 1.82) is 0 Å². The molecular weight excluding hydrogens is 252 g/mol. The van der Waals surface area contributed by atoms with Crippen LogP contribution < -0.4 is 0 Å². The summed E-state index contributed by atoms with van der Waals surface area (Å²) in [6.07, 6.45) is 3.77. The van der Waals surface area contributed by atoms with Crippen molar-refractivity contribution in [2.24, 2.45) is 0 Å². The Labute approximate surface area is 112 Å². The molecule has 0 bridgehead atoms. The third-order valence-electron chi connectivity index (χ3n) is 2.53. The van der Waals surface area contributed by atoms with E-state index in [9.17, 15) is 4.79 Å². The summed E-state index contributed by atoms with van der Waals surface area (Å²) in [7, 11) is 1.38. The monoisotopic (exact) mass is 266 g/mol. The number of carbonyl (C=O) groups excluding carboxylic acids is 1. The van der Waals surface area contributed by atoms with E-state index in [0.29, 0.717) is 6.54 Å². The summed E-state index contributed by atoms with van der Waals surface area (Å²) >= 11 is 0. The standard InChI is InChI=1S/C13H14N2O2.ClH/c1-17-13(16)9-12-14-7-8-15(12)10-11-5-3-2-4-6-11;/h2-8H,9-10H2,1H3;1H. The fourth-order valence-electron chi connectivity index (χ4n) is 1.63. The molecule has 0 aliphatic carbocycles. The highest BCUT2D eigenvalue weighted by Gasteiger charge is 2.09. The maximum atomic E-state index is 11.2. The van der Waals surface area contributed by atoms with Crippen LogP contribution in [0.4, 0.5) is 0 Å². The van der Waals surface area contributed by atoms with Gasteiger partial charge in [-0.3, -0.25) is 4.79 Å². The molecule has 0 aliphatic rings. The van der Waals surface area contributed by atoms with Gasteiger partial charge in [-0.25, -0.2) is 4.98 Å². The molecule has 0 unspecified atom stereocenters. The van der Waals surface area contributed by atoms with Crippen LogP contribution in [0, 0.1) is 0 Å². The van der Waals surface area contributed by atoms with E-state index in [1.54, 1.807) is 6.20 Å². The van der Waals surface area contributed by atoms with Gasteiger partial charge in [-0.15, -0.1) is 12.4 Å². The highest BCUT2D eigenvalue weighted by molar-refractivity contribution is 5.85. The Bertz CT molecular complexity index is 497. The predicted octanol–water partition coefficient (Wildman–Crippen LogP) is 2.07. The van der Waals surface area contributed by atoms with Gasteiger partial charge in [0, 0.05) is 18.9 Å². The van der Waals surface area contributed by atoms with E-state index >= 15 is 0 Å². The van der Waals surface area contributed by atoms with E-state index < -0.39 is 0 Å². The lowest BCUT2D eigenvalue weighted by atomic mass is 10.2. The minimum absolute atomic E-state index is 0. The number of ether oxygens (including phenoxy) is 1. The first-order valence-electron chi connectivity index (χ1n) is 5.40. The summed E-state index contributed by atoms with van der Waals surface area (Å²) in [5.74, 6) is 0.450. The normalized spacial score (nSPS) is 9.61. The van der Waals surface area contributed by atoms with Crippen LogP contribution in [-0.4, -0.2) is 22.6 Å². The average Bonchev–Trinajstić information content (AvgIpc) is 2.78. The van der Waals surface area contributed by atoms with Crippen LogP contribution in [0.15, 0.2) is 42.7 Å². The average molecular weight is 267 g/mol. The van der Waals surface area contributed by atoms with Crippen LogP contribution in [-0.2, 0) is 22.5 Å². The molecule has 5 heteroatoms. The highest BCUT2D eigenvalue weighted by Crippen LogP contribution is 2.06. The molecule has 1 aromatic carbocycles. The quantitative estimate of drug-likeness (QED) is 0.796. The number of methoxy groups -OCH3 is 1. The molecule has 0 radical (unpaired) electrons. The number of esters is 1. The zero-order valence-corrected chi connectivity index (χ0v) is 10.9. The second kappa shape index (κ2) is 6.81. The first-order valence-corrected chi connectivity index (χ1v) is 5.40. The summed E-state index contributed by atoms with van der Waals surface area (Å²) in [5.41, 5.74) is 1.18. The molecule has 0 fully saturated rings. The molecule has 0 atom stereocenters. The second-order valence-electron chi connectivity index (χ2n) is 3.71. The van der Waals surface area contributed by atoms with Crippen molar-refractivity contribution < 1.29 is 9.53 Å². The van der Waals surface area contributed by atoms with Crippen molar-refractivity contribution in [3.63, 3.8) is 0 Å². The number of hydrogen-bond acceptors (Lipinski definition) is 3. The maximum Gasteiger partial charge on any atom is 0.313 e. The Hall–Kier alpha value is -1.81. The third kappa shape index (κ3) is 3.60. The molecule has 96 valence electrons. The Balaban J connectivity index is 0.00000162. The lowest BCUT2D eigenvalue weighted by Crippen LogP contribution is -2.11. The van der Waals surface area contributed by atoms with Crippen LogP contribution in [0.5, 0.6) is 0 Å². The van der Waals surface area contributed by atoms with E-state index in [1.807, 2.05) is 41.1 Å². The number of hydrogen-bond donors (Lipinski definition) is 0. The smallest absolute Gasteiger partial charge is 0.313 e. The highest BCUT2D eigenvalue weighted by atomic mass is 35.5. The van der Waals surface area contributed by atoms with Gasteiger partial charge < -0.3 is 9.30 Å². The van der Waals surface area contributed by atoms with Gasteiger partial charge in [0.1, 0.15) is 12.2 Å². The SMILES string of the molecule is COC(=O)Cc1nccn1Cc1ccccc1.Cl. The van der Waals surface area contributed by atoms with Gasteiger partial charge in [0.05, 0.1) is 7.11 Å². The number of halogens is 1. The third-order valence-corrected chi connectivity index (χ3v) is 2.53. The Morgan fingerprint density at radius 1 is 1.33 bits per heavy atom. The summed E-state index contributed by atoms with van der Waals surface area (Å²) < 4.78 is 6.59. The van der Waals surface area contributed by atoms with E-state index in [0.717, 1.165) is 5.82 Å². The topological polar surface area (TPSA) is 44.1 Å². The van der Waals surface area contributed by atoms with E-state index in [-0.39, 0.29) is 24.8 Å². The largest absolute Gasteiger partial charge is 0.469 e. The molecule has 1 heterocycles. The van der Waals surface area contributed by atoms with Crippen LogP contribution in [0.2, 0.25) is 0 Å². The molecule has 0 aliphatic heterocycles. The van der Waals surface area contributed by atoms with E-state index in [2.05, 4.69) is 9.72 Å². The summed E-state index contributed by atoms with van der Waals surface area (Å²) in [5, 5.41) is 0. The molecule has 0 saturated heterocycles. The Kier molecular flexibility index (Phi) is 5.39. The molecule has 2 rings (SSSR count). The van der Waals surface area contributed by atoms with E-state index in [4.69, 9.17) is 0 Å². The number of rotatable bonds is 4. The van der Waals surface area contributed by atoms with Crippen LogP contribution in [0.25, 0.3) is 0 Å². The van der Waals surface area contributed by atoms with Crippen molar-refractivity contribution in [3.05, 3.63) is 54.1 Å². The molecule has 0 spiro atoms. The number of imidazole rings is 1. The summed E-state index contributed by atoms with van der Waals surface area (Å²) in [6.45, 7) is 0.715. The van der Waals surface area contributed by atoms with Crippen LogP contribution in [0.1, 0.15) is 11.4 Å². The van der Waals surface area contributed by atoms with Gasteiger partial charge >= 0.3 is 5.97 Å². The molecular formula is C13H15ClN2O2. The summed E-state index contributed by atoms with van der Waals surface area (Å²) in [6, 6.07) is 10.1. The minimum atomic E-state index is -0.273. The zero-order chi connectivity index (χ0) is 12.1. The molecule has 1 aromatic heterocycles. The predicted molar refractivity (Wildman–Crippen MR) is 70.7 cm³/mol. The molecule has 0 saturated carbocycles. The zero-order valence-electron chi connectivity index (χ0n) is 10.1. The molecule has 18 heavy (non-hydrogen) atoms. The lowest BCUT2D eigenvalue weighted by Gasteiger charge is -2.07. The van der Waals surface area contributed by atoms with Gasteiger partial charge in [0.2, 0.25) is 0 Å². The first-order chi connectivity index (χ1) is 8.29. The van der Waals surface area contributed by atoms with Crippen molar-refractivity contribution in [3.8, 4) is 0 Å². The van der Waals surface area contributed by atoms with Crippen molar-refractivity contribution in [1.82, 2.24) is 9.55 Å². The number of nitrogens with zero attached hydrogens (tertiary/aromatic N) is 2. The molecule has 0 N–H and O–H groups in total. The minimum Gasteiger partial charge on any atom is -0.469 e. The number of aromatic nitrogens is 2. The molecule has 0 amide bonds. The summed E-state index contributed by atoms with van der Waals surface area (Å²) in [4.78, 5) is 15.4. The van der Waals surface area contributed by atoms with Crippen molar-refractivity contribution in [2.45, 2.75) is 13.0 Å². The Morgan fingerprint density at radius 3 is 2.72 bits per heavy atom. The van der Waals surface area contributed by atoms with Gasteiger partial charge in [-0.1, -0.05) is 30.3 Å². The number of benzene rings is 1. The Morgan fingerprint density at radius 2 is 2.06 bits per heavy atom. The van der Waals surface area contributed by atoms with Gasteiger partial charge in [0.25, 0.3) is 0 Å². The van der Waals surface area contributed by atoms with Crippen LogP contribution >= 0.6 is 12.4 Å². The van der Waals surface area contributed by atoms with Gasteiger partial charge in [0.15, 0.2) is 0 Å². The molecule has 4 nitrogen and oxygen atoms in total.